The van der Waals surface area contributed by atoms with Crippen molar-refractivity contribution in [2.45, 2.75) is 38.2 Å². The van der Waals surface area contributed by atoms with Crippen molar-refractivity contribution in [3.63, 3.8) is 0 Å². The summed E-state index contributed by atoms with van der Waals surface area (Å²) < 4.78 is 5.33. The Morgan fingerprint density at radius 3 is 2.88 bits per heavy atom. The Kier molecular flexibility index (Phi) is 8.03. The molecule has 1 fully saturated rings. The van der Waals surface area contributed by atoms with Crippen molar-refractivity contribution in [3.05, 3.63) is 60.3 Å². The van der Waals surface area contributed by atoms with E-state index in [1.807, 2.05) is 30.3 Å². The largest absolute Gasteiger partial charge is 0.497 e. The molecule has 2 N–H and O–H groups in total. The predicted molar refractivity (Wildman–Crippen MR) is 129 cm³/mol. The lowest BCUT2D eigenvalue weighted by atomic mass is 9.81. The number of piperidine rings is 1. The molecule has 0 unspecified atom stereocenters. The minimum atomic E-state index is -0.751. The summed E-state index contributed by atoms with van der Waals surface area (Å²) in [6, 6.07) is 9.37. The number of carboxylic acids is 1. The van der Waals surface area contributed by atoms with Crippen LogP contribution < -0.4 is 4.74 Å². The van der Waals surface area contributed by atoms with E-state index in [1.54, 1.807) is 25.8 Å². The molecule has 1 aromatic carbocycles. The molecule has 8 nitrogen and oxygen atoms in total. The number of benzene rings is 1. The van der Waals surface area contributed by atoms with Crippen molar-refractivity contribution in [1.82, 2.24) is 19.9 Å². The molecule has 3 atom stereocenters. The van der Waals surface area contributed by atoms with Crippen molar-refractivity contribution in [1.29, 1.82) is 0 Å². The molecule has 0 saturated carbocycles. The Morgan fingerprint density at radius 1 is 1.24 bits per heavy atom. The average Bonchev–Trinajstić information content (AvgIpc) is 2.87. The Morgan fingerprint density at radius 2 is 2.12 bits per heavy atom. The van der Waals surface area contributed by atoms with Crippen LogP contribution in [0.1, 0.15) is 43.0 Å². The second-order valence-electron chi connectivity index (χ2n) is 8.97. The van der Waals surface area contributed by atoms with Gasteiger partial charge >= 0.3 is 5.97 Å². The van der Waals surface area contributed by atoms with Gasteiger partial charge in [0.15, 0.2) is 0 Å². The zero-order valence-corrected chi connectivity index (χ0v) is 19.5. The Balaban J connectivity index is 1.34. The van der Waals surface area contributed by atoms with Crippen LogP contribution in [-0.2, 0) is 11.2 Å². The topological polar surface area (TPSA) is 109 Å². The van der Waals surface area contributed by atoms with E-state index in [1.165, 1.54) is 0 Å². The van der Waals surface area contributed by atoms with Gasteiger partial charge in [-0.2, -0.15) is 0 Å². The average molecular weight is 465 g/mol. The SMILES string of the molecule is COc1ccc2nccc([C@H](O)CC[C@@H]3CCN(CCCc4ccncn4)C[C@@H]3C(=O)O)c2c1. The van der Waals surface area contributed by atoms with Gasteiger partial charge in [-0.1, -0.05) is 0 Å². The van der Waals surface area contributed by atoms with Gasteiger partial charge in [-0.15, -0.1) is 0 Å². The molecule has 0 amide bonds. The van der Waals surface area contributed by atoms with Crippen LogP contribution in [0.15, 0.2) is 49.1 Å². The number of aryl methyl sites for hydroxylation is 1. The highest BCUT2D eigenvalue weighted by Crippen LogP contribution is 2.33. The van der Waals surface area contributed by atoms with Gasteiger partial charge in [0.25, 0.3) is 0 Å². The number of hydrogen-bond donors (Lipinski definition) is 2. The first-order valence-electron chi connectivity index (χ1n) is 11.9. The number of aliphatic hydroxyl groups excluding tert-OH is 1. The predicted octanol–water partition coefficient (Wildman–Crippen LogP) is 3.50. The zero-order chi connectivity index (χ0) is 23.9. The van der Waals surface area contributed by atoms with E-state index < -0.39 is 18.0 Å². The van der Waals surface area contributed by atoms with Gasteiger partial charge in [-0.05, 0) is 87.0 Å². The lowest BCUT2D eigenvalue weighted by Gasteiger charge is -2.37. The highest BCUT2D eigenvalue weighted by Gasteiger charge is 2.34. The van der Waals surface area contributed by atoms with Crippen LogP contribution in [0, 0.1) is 11.8 Å². The van der Waals surface area contributed by atoms with Gasteiger partial charge in [0.2, 0.25) is 0 Å². The van der Waals surface area contributed by atoms with Crippen molar-refractivity contribution < 1.29 is 19.7 Å². The number of nitrogens with zero attached hydrogens (tertiary/aromatic N) is 4. The summed E-state index contributed by atoms with van der Waals surface area (Å²) in [5.74, 6) is -0.409. The maximum absolute atomic E-state index is 12.0. The number of fused-ring (bicyclic) bond motifs is 1. The fraction of sp³-hybridized carbons (Fsp3) is 0.462. The summed E-state index contributed by atoms with van der Waals surface area (Å²) in [7, 11) is 1.61. The Bertz CT molecular complexity index is 1090. The van der Waals surface area contributed by atoms with Gasteiger partial charge in [-0.25, -0.2) is 9.97 Å². The number of pyridine rings is 1. The van der Waals surface area contributed by atoms with Crippen molar-refractivity contribution >= 4 is 16.9 Å². The third kappa shape index (κ3) is 5.87. The quantitative estimate of drug-likeness (QED) is 0.469. The molecule has 34 heavy (non-hydrogen) atoms. The number of rotatable bonds is 10. The number of hydrogen-bond acceptors (Lipinski definition) is 7. The van der Waals surface area contributed by atoms with Gasteiger partial charge < -0.3 is 19.8 Å². The number of aliphatic hydroxyl groups is 1. The summed E-state index contributed by atoms with van der Waals surface area (Å²) in [6.45, 7) is 2.28. The van der Waals surface area contributed by atoms with Crippen molar-refractivity contribution in [2.75, 3.05) is 26.7 Å². The number of ether oxygens (including phenoxy) is 1. The molecular weight excluding hydrogens is 432 g/mol. The molecule has 4 rings (SSSR count). The highest BCUT2D eigenvalue weighted by molar-refractivity contribution is 5.83. The van der Waals surface area contributed by atoms with Crippen LogP contribution in [0.2, 0.25) is 0 Å². The zero-order valence-electron chi connectivity index (χ0n) is 19.5. The van der Waals surface area contributed by atoms with E-state index in [4.69, 9.17) is 4.74 Å². The Hall–Kier alpha value is -3.10. The van der Waals surface area contributed by atoms with Gasteiger partial charge in [0, 0.05) is 30.0 Å². The van der Waals surface area contributed by atoms with Gasteiger partial charge in [-0.3, -0.25) is 9.78 Å². The molecule has 0 spiro atoms. The molecule has 0 bridgehead atoms. The lowest BCUT2D eigenvalue weighted by Crippen LogP contribution is -2.44. The molecule has 2 aromatic heterocycles. The Labute approximate surface area is 199 Å². The highest BCUT2D eigenvalue weighted by atomic mass is 16.5. The fourth-order valence-electron chi connectivity index (χ4n) is 4.94. The lowest BCUT2D eigenvalue weighted by molar-refractivity contribution is -0.146. The smallest absolute Gasteiger partial charge is 0.308 e. The van der Waals surface area contributed by atoms with Crippen molar-refractivity contribution in [2.24, 2.45) is 11.8 Å². The summed E-state index contributed by atoms with van der Waals surface area (Å²) in [5, 5.41) is 21.7. The van der Waals surface area contributed by atoms with E-state index in [9.17, 15) is 15.0 Å². The van der Waals surface area contributed by atoms with E-state index in [2.05, 4.69) is 19.9 Å². The van der Waals surface area contributed by atoms with Crippen LogP contribution >= 0.6 is 0 Å². The van der Waals surface area contributed by atoms with Crippen LogP contribution in [0.25, 0.3) is 10.9 Å². The summed E-state index contributed by atoms with van der Waals surface area (Å²) >= 11 is 0. The minimum Gasteiger partial charge on any atom is -0.497 e. The third-order valence-electron chi connectivity index (χ3n) is 6.86. The van der Waals surface area contributed by atoms with E-state index in [-0.39, 0.29) is 5.92 Å². The van der Waals surface area contributed by atoms with Crippen LogP contribution in [0.5, 0.6) is 5.75 Å². The molecule has 1 saturated heterocycles. The monoisotopic (exact) mass is 464 g/mol. The second kappa shape index (κ2) is 11.4. The molecular formula is C26H32N4O4. The summed E-state index contributed by atoms with van der Waals surface area (Å²) in [4.78, 5) is 26.9. The number of aromatic nitrogens is 3. The molecule has 180 valence electrons. The number of likely N-dealkylation sites (tertiary alicyclic amines) is 1. The third-order valence-corrected chi connectivity index (χ3v) is 6.86. The summed E-state index contributed by atoms with van der Waals surface area (Å²) in [6.07, 6.45) is 8.12. The molecule has 3 aromatic rings. The number of carboxylic acid groups (broad SMARTS) is 1. The number of methoxy groups -OCH3 is 1. The van der Waals surface area contributed by atoms with E-state index >= 15 is 0 Å². The van der Waals surface area contributed by atoms with Crippen LogP contribution in [-0.4, -0.2) is 62.8 Å². The normalized spacial score (nSPS) is 19.7. The number of carbonyl (C=O) groups is 1. The molecule has 3 heterocycles. The summed E-state index contributed by atoms with van der Waals surface area (Å²) in [5.41, 5.74) is 2.61. The molecule has 1 aliphatic heterocycles. The van der Waals surface area contributed by atoms with Crippen LogP contribution in [0.4, 0.5) is 0 Å². The first-order valence-corrected chi connectivity index (χ1v) is 11.9. The van der Waals surface area contributed by atoms with Gasteiger partial charge in [0.05, 0.1) is 24.6 Å². The molecule has 0 aliphatic carbocycles. The first-order chi connectivity index (χ1) is 16.5. The van der Waals surface area contributed by atoms with Crippen LogP contribution in [0.3, 0.4) is 0 Å². The standard InChI is InChI=1S/C26H32N4O4/c1-34-20-5-6-24-22(15-20)21(9-12-28-24)25(31)7-4-18-10-14-30(16-23(18)26(32)33)13-2-3-19-8-11-27-17-29-19/h5-6,8-9,11-12,15,17-18,23,25,31H,2-4,7,10,13-14,16H2,1H3,(H,32,33)/t18-,23+,25-/m1/s1. The fourth-order valence-corrected chi connectivity index (χ4v) is 4.94. The minimum absolute atomic E-state index is 0.0490. The number of aliphatic carboxylic acids is 1. The van der Waals surface area contributed by atoms with E-state index in [0.29, 0.717) is 25.1 Å². The molecule has 1 aliphatic rings. The van der Waals surface area contributed by atoms with Crippen molar-refractivity contribution in [3.8, 4) is 5.75 Å². The molecule has 0 radical (unpaired) electrons. The first kappa shape index (κ1) is 24.0. The maximum atomic E-state index is 12.0. The second-order valence-corrected chi connectivity index (χ2v) is 8.97. The van der Waals surface area contributed by atoms with Gasteiger partial charge in [0.1, 0.15) is 12.1 Å². The van der Waals surface area contributed by atoms with E-state index in [0.717, 1.165) is 54.5 Å². The molecule has 8 heteroatoms. The maximum Gasteiger partial charge on any atom is 0.308 e.